The number of aliphatic hydroxyl groups is 1. The van der Waals surface area contributed by atoms with Crippen molar-refractivity contribution < 1.29 is 24.2 Å². The number of rotatable bonds is 9. The number of hydrogen-bond acceptors (Lipinski definition) is 6. The molecular formula is C35H33N3O5. The number of carbonyl (C=O) groups is 2. The van der Waals surface area contributed by atoms with E-state index in [0.29, 0.717) is 41.7 Å². The molecule has 0 bridgehead atoms. The van der Waals surface area contributed by atoms with E-state index in [9.17, 15) is 14.7 Å². The van der Waals surface area contributed by atoms with Gasteiger partial charge in [0.05, 0.1) is 12.6 Å². The number of nitrogens with one attached hydrogen (secondary N) is 1. The van der Waals surface area contributed by atoms with Crippen LogP contribution in [0.3, 0.4) is 0 Å². The molecule has 8 nitrogen and oxygen atoms in total. The predicted molar refractivity (Wildman–Crippen MR) is 161 cm³/mol. The zero-order valence-electron chi connectivity index (χ0n) is 23.7. The smallest absolute Gasteiger partial charge is 0.259 e. The van der Waals surface area contributed by atoms with Crippen LogP contribution in [0.2, 0.25) is 0 Å². The third-order valence-corrected chi connectivity index (χ3v) is 8.76. The van der Waals surface area contributed by atoms with Gasteiger partial charge in [0.15, 0.2) is 0 Å². The second-order valence-corrected chi connectivity index (χ2v) is 11.9. The summed E-state index contributed by atoms with van der Waals surface area (Å²) < 4.78 is 12.1. The summed E-state index contributed by atoms with van der Waals surface area (Å²) in [7, 11) is 0. The maximum atomic E-state index is 13.6. The molecule has 1 spiro atoms. The van der Waals surface area contributed by atoms with Gasteiger partial charge in [0, 0.05) is 23.2 Å². The molecule has 43 heavy (non-hydrogen) atoms. The first kappa shape index (κ1) is 27.2. The lowest BCUT2D eigenvalue weighted by Gasteiger charge is -2.56. The first-order valence-corrected chi connectivity index (χ1v) is 14.7. The largest absolute Gasteiger partial charge is 0.473 e. The van der Waals surface area contributed by atoms with E-state index in [-0.39, 0.29) is 36.0 Å². The lowest BCUT2D eigenvalue weighted by molar-refractivity contribution is -0.0949. The van der Waals surface area contributed by atoms with Crippen LogP contribution in [0.15, 0.2) is 91.0 Å². The van der Waals surface area contributed by atoms with Gasteiger partial charge in [-0.3, -0.25) is 14.5 Å². The molecular weight excluding hydrogens is 542 g/mol. The molecule has 0 saturated heterocycles. The summed E-state index contributed by atoms with van der Waals surface area (Å²) in [5, 5.41) is 12.8. The highest BCUT2D eigenvalue weighted by atomic mass is 16.5. The Morgan fingerprint density at radius 1 is 0.884 bits per heavy atom. The van der Waals surface area contributed by atoms with Crippen LogP contribution in [-0.2, 0) is 19.8 Å². The van der Waals surface area contributed by atoms with Crippen LogP contribution in [-0.4, -0.2) is 34.1 Å². The molecule has 2 N–H and O–H groups in total. The fourth-order valence-corrected chi connectivity index (χ4v) is 6.55. The Balaban J connectivity index is 1.08. The molecule has 8 heteroatoms. The second-order valence-electron chi connectivity index (χ2n) is 11.9. The Morgan fingerprint density at radius 3 is 2.23 bits per heavy atom. The number of fused-ring (bicyclic) bond motifs is 1. The molecule has 7 rings (SSSR count). The Labute approximate surface area is 250 Å². The summed E-state index contributed by atoms with van der Waals surface area (Å²) in [6.07, 6.45) is 3.31. The van der Waals surface area contributed by atoms with Crippen molar-refractivity contribution in [3.8, 4) is 11.8 Å². The minimum Gasteiger partial charge on any atom is -0.473 e. The SMILES string of the molecule is O=C(NC1CC2(CC(O)C2)C1)c1ccc2c(c1)CN(c1ccc(OCc3ccccc3)nc1OCc1ccccc1)C2=O. The number of aliphatic hydroxyl groups excluding tert-OH is 1. The third-order valence-electron chi connectivity index (χ3n) is 8.76. The van der Waals surface area contributed by atoms with Crippen molar-refractivity contribution >= 4 is 17.5 Å². The zero-order chi connectivity index (χ0) is 29.4. The summed E-state index contributed by atoms with van der Waals surface area (Å²) in [4.78, 5) is 32.9. The van der Waals surface area contributed by atoms with Gasteiger partial charge in [0.25, 0.3) is 11.8 Å². The standard InChI is InChI=1S/C35H33N3O5/c39-28-18-35(19-28)16-27(17-35)36-32(40)25-11-12-29-26(15-25)20-38(34(29)41)30-13-14-31(42-21-23-7-3-1-4-8-23)37-33(30)43-22-24-9-5-2-6-10-24/h1-15,27-28,39H,16-22H2,(H,36,40). The Kier molecular flexibility index (Phi) is 7.07. The summed E-state index contributed by atoms with van der Waals surface area (Å²) in [5.41, 5.74) is 4.62. The summed E-state index contributed by atoms with van der Waals surface area (Å²) in [6.45, 7) is 0.936. The van der Waals surface area contributed by atoms with Crippen LogP contribution in [0.1, 0.15) is 63.1 Å². The van der Waals surface area contributed by atoms with Gasteiger partial charge >= 0.3 is 0 Å². The first-order valence-electron chi connectivity index (χ1n) is 14.7. The molecule has 0 radical (unpaired) electrons. The maximum absolute atomic E-state index is 13.6. The Hall–Kier alpha value is -4.69. The average molecular weight is 576 g/mol. The maximum Gasteiger partial charge on any atom is 0.259 e. The topological polar surface area (TPSA) is 101 Å². The fourth-order valence-electron chi connectivity index (χ4n) is 6.55. The molecule has 2 heterocycles. The molecule has 3 aromatic carbocycles. The second kappa shape index (κ2) is 11.2. The molecule has 2 amide bonds. The van der Waals surface area contributed by atoms with E-state index < -0.39 is 0 Å². The van der Waals surface area contributed by atoms with Gasteiger partial charge in [-0.15, -0.1) is 0 Å². The van der Waals surface area contributed by atoms with Gasteiger partial charge in [-0.05, 0) is 72.1 Å². The minimum absolute atomic E-state index is 0.129. The average Bonchev–Trinajstić information content (AvgIpc) is 3.33. The highest BCUT2D eigenvalue weighted by Gasteiger charge is 2.52. The van der Waals surface area contributed by atoms with Gasteiger partial charge < -0.3 is 19.9 Å². The number of aromatic nitrogens is 1. The number of pyridine rings is 1. The van der Waals surface area contributed by atoms with Crippen LogP contribution in [0, 0.1) is 5.41 Å². The number of hydrogen-bond donors (Lipinski definition) is 2. The normalized spacial score (nSPS) is 22.0. The molecule has 218 valence electrons. The number of ether oxygens (including phenoxy) is 2. The molecule has 2 fully saturated rings. The zero-order valence-corrected chi connectivity index (χ0v) is 23.7. The lowest BCUT2D eigenvalue weighted by atomic mass is 9.53. The van der Waals surface area contributed by atoms with Gasteiger partial charge in [0.1, 0.15) is 18.9 Å². The number of anilines is 1. The van der Waals surface area contributed by atoms with Gasteiger partial charge in [-0.1, -0.05) is 60.7 Å². The summed E-state index contributed by atoms with van der Waals surface area (Å²) >= 11 is 0. The molecule has 1 aliphatic heterocycles. The van der Waals surface area contributed by atoms with Gasteiger partial charge in [-0.2, -0.15) is 4.98 Å². The van der Waals surface area contributed by atoms with Crippen molar-refractivity contribution in [1.29, 1.82) is 0 Å². The van der Waals surface area contributed by atoms with E-state index >= 15 is 0 Å². The highest BCUT2D eigenvalue weighted by molar-refractivity contribution is 6.11. The van der Waals surface area contributed by atoms with Crippen molar-refractivity contribution in [2.45, 2.75) is 57.6 Å². The highest BCUT2D eigenvalue weighted by Crippen LogP contribution is 2.55. The van der Waals surface area contributed by atoms with E-state index in [0.717, 1.165) is 42.4 Å². The van der Waals surface area contributed by atoms with E-state index in [4.69, 9.17) is 9.47 Å². The molecule has 3 aliphatic rings. The van der Waals surface area contributed by atoms with Crippen LogP contribution in [0.4, 0.5) is 5.69 Å². The number of nitrogens with zero attached hydrogens (tertiary/aromatic N) is 2. The quantitative estimate of drug-likeness (QED) is 0.276. The van der Waals surface area contributed by atoms with Crippen LogP contribution in [0.5, 0.6) is 11.8 Å². The first-order chi connectivity index (χ1) is 20.9. The Morgan fingerprint density at radius 2 is 1.56 bits per heavy atom. The Bertz CT molecular complexity index is 1650. The fraction of sp³-hybridized carbons (Fsp3) is 0.286. The number of carbonyl (C=O) groups excluding carboxylic acids is 2. The van der Waals surface area contributed by atoms with Crippen LogP contribution in [0.25, 0.3) is 0 Å². The van der Waals surface area contributed by atoms with Crippen molar-refractivity contribution in [3.63, 3.8) is 0 Å². The van der Waals surface area contributed by atoms with Crippen molar-refractivity contribution in [3.05, 3.63) is 119 Å². The predicted octanol–water partition coefficient (Wildman–Crippen LogP) is 5.43. The summed E-state index contributed by atoms with van der Waals surface area (Å²) in [6, 6.07) is 28.5. The van der Waals surface area contributed by atoms with Crippen molar-refractivity contribution in [2.75, 3.05) is 4.90 Å². The van der Waals surface area contributed by atoms with Gasteiger partial charge in [0.2, 0.25) is 11.8 Å². The van der Waals surface area contributed by atoms with Crippen LogP contribution < -0.4 is 19.7 Å². The van der Waals surface area contributed by atoms with E-state index in [2.05, 4.69) is 10.3 Å². The van der Waals surface area contributed by atoms with E-state index in [1.807, 2.05) is 60.7 Å². The van der Waals surface area contributed by atoms with Crippen molar-refractivity contribution in [1.82, 2.24) is 10.3 Å². The van der Waals surface area contributed by atoms with E-state index in [1.165, 1.54) is 0 Å². The van der Waals surface area contributed by atoms with E-state index in [1.54, 1.807) is 35.2 Å². The van der Waals surface area contributed by atoms with Crippen molar-refractivity contribution in [2.24, 2.45) is 5.41 Å². The molecule has 1 aromatic heterocycles. The lowest BCUT2D eigenvalue weighted by Crippen LogP contribution is -2.57. The minimum atomic E-state index is -0.189. The van der Waals surface area contributed by atoms with Gasteiger partial charge in [-0.25, -0.2) is 0 Å². The molecule has 2 saturated carbocycles. The molecule has 2 aliphatic carbocycles. The molecule has 0 atom stereocenters. The summed E-state index contributed by atoms with van der Waals surface area (Å²) in [5.74, 6) is 0.388. The molecule has 0 unspecified atom stereocenters. The molecule has 4 aromatic rings. The number of benzene rings is 3. The third kappa shape index (κ3) is 5.58. The van der Waals surface area contributed by atoms with Crippen LogP contribution >= 0.6 is 0 Å². The number of amides is 2. The monoisotopic (exact) mass is 575 g/mol.